The molecule has 0 N–H and O–H groups in total. The molecule has 0 radical (unpaired) electrons. The maximum absolute atomic E-state index is 12.5. The summed E-state index contributed by atoms with van der Waals surface area (Å²) >= 11 is 6.15. The van der Waals surface area contributed by atoms with Crippen LogP contribution in [-0.4, -0.2) is 51.3 Å². The van der Waals surface area contributed by atoms with Gasteiger partial charge in [-0.3, -0.25) is 4.79 Å². The second-order valence-electron chi connectivity index (χ2n) is 4.84. The van der Waals surface area contributed by atoms with Crippen LogP contribution in [0.2, 0.25) is 5.02 Å². The van der Waals surface area contributed by atoms with E-state index in [0.717, 1.165) is 11.1 Å². The summed E-state index contributed by atoms with van der Waals surface area (Å²) < 4.78 is 16.0. The number of hydrogen-bond donors (Lipinski definition) is 0. The first-order chi connectivity index (χ1) is 11.7. The summed E-state index contributed by atoms with van der Waals surface area (Å²) in [5, 5.41) is 1.32. The van der Waals surface area contributed by atoms with Crippen LogP contribution in [0.5, 0.6) is 11.5 Å². The van der Waals surface area contributed by atoms with Gasteiger partial charge in [0, 0.05) is 6.61 Å². The Labute approximate surface area is 167 Å². The molecule has 0 aromatic heterocycles. The van der Waals surface area contributed by atoms with Gasteiger partial charge in [-0.15, -0.1) is 0 Å². The second-order valence-corrected chi connectivity index (χ2v) is 6.53. The van der Waals surface area contributed by atoms with Crippen LogP contribution in [0.25, 0.3) is 0 Å². The van der Waals surface area contributed by atoms with Crippen LogP contribution < -0.4 is 14.8 Å². The molecule has 1 unspecified atom stereocenters. The number of benzene rings is 2. The van der Waals surface area contributed by atoms with Crippen molar-refractivity contribution in [2.75, 3.05) is 26.9 Å². The van der Waals surface area contributed by atoms with Crippen LogP contribution in [0.4, 0.5) is 0 Å². The maximum atomic E-state index is 12.5. The van der Waals surface area contributed by atoms with Gasteiger partial charge in [0.05, 0.1) is 24.3 Å². The van der Waals surface area contributed by atoms with Crippen molar-refractivity contribution in [2.24, 2.45) is 0 Å². The van der Waals surface area contributed by atoms with Gasteiger partial charge in [0.25, 0.3) is 0 Å². The molecular weight excluding hydrogens is 354 g/mol. The first kappa shape index (κ1) is 22.0. The molecule has 25 heavy (non-hydrogen) atoms. The molecule has 0 saturated carbocycles. The van der Waals surface area contributed by atoms with Crippen molar-refractivity contribution in [3.05, 3.63) is 53.1 Å². The number of ether oxygens (including phenoxy) is 3. The fraction of sp³-hybridized carbons (Fsp3) is 0.278. The van der Waals surface area contributed by atoms with E-state index in [-0.39, 0.29) is 33.0 Å². The SMILES string of the molecule is CCOCCOc1ccc(PC(=O)c2c(Cl)cccc2OC)cc1.[LiH]. The Morgan fingerprint density at radius 2 is 1.84 bits per heavy atom. The van der Waals surface area contributed by atoms with Crippen LogP contribution in [0, 0.1) is 0 Å². The minimum absolute atomic E-state index is 0. The van der Waals surface area contributed by atoms with Crippen molar-refractivity contribution in [3.63, 3.8) is 0 Å². The van der Waals surface area contributed by atoms with Gasteiger partial charge < -0.3 is 14.2 Å². The van der Waals surface area contributed by atoms with Gasteiger partial charge in [-0.1, -0.05) is 29.8 Å². The van der Waals surface area contributed by atoms with Crippen LogP contribution in [0.15, 0.2) is 42.5 Å². The van der Waals surface area contributed by atoms with E-state index in [2.05, 4.69) is 0 Å². The molecule has 4 nitrogen and oxygen atoms in total. The van der Waals surface area contributed by atoms with E-state index < -0.39 is 0 Å². The third kappa shape index (κ3) is 6.66. The molecule has 0 aliphatic rings. The molecule has 0 spiro atoms. The molecule has 2 aromatic rings. The number of carbonyl (C=O) groups excluding carboxylic acids is 1. The summed E-state index contributed by atoms with van der Waals surface area (Å²) in [6, 6.07) is 12.7. The molecule has 0 aliphatic carbocycles. The average Bonchev–Trinajstić information content (AvgIpc) is 2.59. The Bertz CT molecular complexity index is 679. The molecule has 2 rings (SSSR count). The molecule has 0 amide bonds. The van der Waals surface area contributed by atoms with Crippen LogP contribution in [0.1, 0.15) is 17.3 Å². The van der Waals surface area contributed by atoms with Gasteiger partial charge in [-0.05, 0) is 45.1 Å². The monoisotopic (exact) mass is 374 g/mol. The molecule has 0 fully saturated rings. The summed E-state index contributed by atoms with van der Waals surface area (Å²) in [5.74, 6) is 1.25. The molecule has 2 aromatic carbocycles. The third-order valence-corrected chi connectivity index (χ3v) is 4.65. The van der Waals surface area contributed by atoms with Crippen molar-refractivity contribution < 1.29 is 19.0 Å². The van der Waals surface area contributed by atoms with Gasteiger partial charge in [-0.2, -0.15) is 0 Å². The van der Waals surface area contributed by atoms with E-state index in [0.29, 0.717) is 36.2 Å². The number of hydrogen-bond acceptors (Lipinski definition) is 4. The zero-order valence-corrected chi connectivity index (χ0v) is 15.4. The fourth-order valence-electron chi connectivity index (χ4n) is 2.09. The number of halogens is 1. The van der Waals surface area contributed by atoms with Crippen molar-refractivity contribution in [1.29, 1.82) is 0 Å². The Hall–Kier alpha value is -1.01. The molecule has 0 saturated heterocycles. The normalized spacial score (nSPS) is 10.5. The molecule has 7 heteroatoms. The van der Waals surface area contributed by atoms with Crippen LogP contribution in [-0.2, 0) is 4.74 Å². The van der Waals surface area contributed by atoms with Gasteiger partial charge in [0.2, 0.25) is 0 Å². The summed E-state index contributed by atoms with van der Waals surface area (Å²) in [5.41, 5.74) is 0.375. The van der Waals surface area contributed by atoms with E-state index in [4.69, 9.17) is 25.8 Å². The van der Waals surface area contributed by atoms with Crippen molar-refractivity contribution in [2.45, 2.75) is 6.92 Å². The predicted molar refractivity (Wildman–Crippen MR) is 106 cm³/mol. The minimum atomic E-state index is -0.0533. The van der Waals surface area contributed by atoms with Gasteiger partial charge in [-0.25, -0.2) is 0 Å². The fourth-order valence-corrected chi connectivity index (χ4v) is 3.39. The van der Waals surface area contributed by atoms with Gasteiger partial charge in [0.15, 0.2) is 5.52 Å². The first-order valence-electron chi connectivity index (χ1n) is 7.60. The van der Waals surface area contributed by atoms with Crippen molar-refractivity contribution in [1.82, 2.24) is 0 Å². The van der Waals surface area contributed by atoms with E-state index in [1.54, 1.807) is 18.2 Å². The topological polar surface area (TPSA) is 44.8 Å². The molecular formula is C18H21ClLiO4P. The summed E-state index contributed by atoms with van der Waals surface area (Å²) in [6.45, 7) is 3.69. The number of methoxy groups -OCH3 is 1. The van der Waals surface area contributed by atoms with E-state index in [1.165, 1.54) is 7.11 Å². The number of rotatable bonds is 9. The standard InChI is InChI=1S/C18H20ClO4P.Li.H/c1-3-22-11-12-23-13-7-9-14(10-8-13)24-18(20)17-15(19)5-4-6-16(17)21-2;;/h4-10,24H,3,11-12H2,1-2H3;;. The quantitative estimate of drug-likeness (QED) is 0.384. The Morgan fingerprint density at radius 3 is 2.48 bits per heavy atom. The third-order valence-electron chi connectivity index (χ3n) is 3.24. The van der Waals surface area contributed by atoms with Gasteiger partial charge >= 0.3 is 18.9 Å². The zero-order valence-electron chi connectivity index (χ0n) is 13.7. The van der Waals surface area contributed by atoms with E-state index in [9.17, 15) is 4.79 Å². The Kier molecular flexibility index (Phi) is 10.2. The van der Waals surface area contributed by atoms with Gasteiger partial charge in [0.1, 0.15) is 18.1 Å². The van der Waals surface area contributed by atoms with E-state index in [1.807, 2.05) is 31.2 Å². The van der Waals surface area contributed by atoms with Crippen molar-refractivity contribution >= 4 is 49.9 Å². The molecule has 130 valence electrons. The summed E-state index contributed by atoms with van der Waals surface area (Å²) in [6.07, 6.45) is 0. The summed E-state index contributed by atoms with van der Waals surface area (Å²) in [7, 11) is 1.49. The Morgan fingerprint density at radius 1 is 1.12 bits per heavy atom. The zero-order chi connectivity index (χ0) is 17.4. The second kappa shape index (κ2) is 11.6. The van der Waals surface area contributed by atoms with Crippen molar-refractivity contribution in [3.8, 4) is 11.5 Å². The molecule has 1 atom stereocenters. The predicted octanol–water partition coefficient (Wildman–Crippen LogP) is 3.26. The molecule has 0 bridgehead atoms. The number of carbonyl (C=O) groups is 1. The average molecular weight is 375 g/mol. The van der Waals surface area contributed by atoms with Crippen LogP contribution in [0.3, 0.4) is 0 Å². The molecule has 0 heterocycles. The molecule has 0 aliphatic heterocycles. The summed E-state index contributed by atoms with van der Waals surface area (Å²) in [4.78, 5) is 12.5. The van der Waals surface area contributed by atoms with E-state index >= 15 is 0 Å². The van der Waals surface area contributed by atoms with Crippen LogP contribution >= 0.6 is 20.2 Å². The first-order valence-corrected chi connectivity index (χ1v) is 8.98. The Balaban J connectivity index is 0.00000312.